The van der Waals surface area contributed by atoms with Gasteiger partial charge in [0.15, 0.2) is 0 Å². The van der Waals surface area contributed by atoms with E-state index in [2.05, 4.69) is 0 Å². The summed E-state index contributed by atoms with van der Waals surface area (Å²) in [6, 6.07) is 8.82. The molecule has 7 heteroatoms. The molecule has 0 N–H and O–H groups in total. The Morgan fingerprint density at radius 2 is 1.87 bits per heavy atom. The summed E-state index contributed by atoms with van der Waals surface area (Å²) in [6.45, 7) is 5.92. The molecule has 0 bridgehead atoms. The van der Waals surface area contributed by atoms with Crippen LogP contribution in [0.3, 0.4) is 0 Å². The Bertz CT molecular complexity index is 800. The Labute approximate surface area is 176 Å². The van der Waals surface area contributed by atoms with Crippen LogP contribution in [0.15, 0.2) is 30.3 Å². The number of nitrogens with zero attached hydrogens (tertiary/aromatic N) is 1. The molecule has 3 rings (SSSR count). The molecule has 0 radical (unpaired) electrons. The Morgan fingerprint density at radius 1 is 1.17 bits per heavy atom. The minimum absolute atomic E-state index is 0.0947. The fourth-order valence-corrected chi connectivity index (χ4v) is 4.74. The molecule has 162 valence electrons. The van der Waals surface area contributed by atoms with E-state index < -0.39 is 23.7 Å². The van der Waals surface area contributed by atoms with Crippen LogP contribution in [0, 0.1) is 17.8 Å². The Morgan fingerprint density at radius 3 is 2.50 bits per heavy atom. The van der Waals surface area contributed by atoms with Crippen molar-refractivity contribution < 1.29 is 28.7 Å². The predicted octanol–water partition coefficient (Wildman–Crippen LogP) is 3.67. The van der Waals surface area contributed by atoms with E-state index in [9.17, 15) is 19.2 Å². The molecule has 1 heterocycles. The molecule has 7 nitrogen and oxygen atoms in total. The maximum atomic E-state index is 13.5. The monoisotopic (exact) mass is 415 g/mol. The summed E-state index contributed by atoms with van der Waals surface area (Å²) in [7, 11) is 0. The average Bonchev–Trinajstić information content (AvgIpc) is 2.97. The Hall–Kier alpha value is -2.70. The number of Topliss-reactive ketones (excluding diaryl/α,β-unsaturated/α-hetero) is 1. The number of ketones is 1. The van der Waals surface area contributed by atoms with Gasteiger partial charge in [-0.2, -0.15) is 0 Å². The first-order valence-electron chi connectivity index (χ1n) is 10.4. The highest BCUT2D eigenvalue weighted by Gasteiger charge is 2.57. The van der Waals surface area contributed by atoms with Gasteiger partial charge in [-0.05, 0) is 45.1 Å². The fraction of sp³-hybridized carbons (Fsp3) is 0.565. The molecule has 0 aromatic heterocycles. The third kappa shape index (κ3) is 4.71. The third-order valence-corrected chi connectivity index (χ3v) is 5.77. The molecule has 1 saturated carbocycles. The number of fused-ring (bicyclic) bond motifs is 1. The maximum Gasteiger partial charge on any atom is 0.417 e. The summed E-state index contributed by atoms with van der Waals surface area (Å²) in [5, 5.41) is 0. The van der Waals surface area contributed by atoms with E-state index in [0.717, 1.165) is 5.56 Å². The number of imide groups is 1. The summed E-state index contributed by atoms with van der Waals surface area (Å²) < 4.78 is 10.3. The minimum Gasteiger partial charge on any atom is -0.468 e. The van der Waals surface area contributed by atoms with Crippen molar-refractivity contribution in [3.05, 3.63) is 35.9 Å². The summed E-state index contributed by atoms with van der Waals surface area (Å²) in [5.74, 6) is -1.09. The van der Waals surface area contributed by atoms with Crippen molar-refractivity contribution in [3.8, 4) is 0 Å². The second-order valence-corrected chi connectivity index (χ2v) is 9.05. The SMILES string of the molecule is CC(C)(C)OC(=O)N1C(=O)[C@@H]2[C@@H](CCCOC=O)CC(=O)C[C@@H]2[C@H]1c1ccccc1. The van der Waals surface area contributed by atoms with E-state index in [1.165, 1.54) is 4.90 Å². The Balaban J connectivity index is 1.94. The van der Waals surface area contributed by atoms with Crippen LogP contribution in [0.2, 0.25) is 0 Å². The van der Waals surface area contributed by atoms with Gasteiger partial charge in [0.1, 0.15) is 11.4 Å². The van der Waals surface area contributed by atoms with Gasteiger partial charge in [0.25, 0.3) is 6.47 Å². The van der Waals surface area contributed by atoms with Crippen molar-refractivity contribution in [1.82, 2.24) is 4.90 Å². The second-order valence-electron chi connectivity index (χ2n) is 9.05. The number of rotatable bonds is 6. The second kappa shape index (κ2) is 8.98. The third-order valence-electron chi connectivity index (χ3n) is 5.77. The lowest BCUT2D eigenvalue weighted by molar-refractivity contribution is -0.135. The summed E-state index contributed by atoms with van der Waals surface area (Å²) >= 11 is 0. The molecule has 2 amide bonds. The highest BCUT2D eigenvalue weighted by atomic mass is 16.6. The Kier molecular flexibility index (Phi) is 6.58. The highest BCUT2D eigenvalue weighted by molar-refractivity contribution is 5.98. The van der Waals surface area contributed by atoms with E-state index >= 15 is 0 Å². The molecular formula is C23H29NO6. The van der Waals surface area contributed by atoms with Gasteiger partial charge in [-0.15, -0.1) is 0 Å². The molecule has 2 aliphatic rings. The molecule has 2 fully saturated rings. The summed E-state index contributed by atoms with van der Waals surface area (Å²) in [6.07, 6.45) is 1.03. The lowest BCUT2D eigenvalue weighted by atomic mass is 9.68. The molecular weight excluding hydrogens is 386 g/mol. The van der Waals surface area contributed by atoms with Gasteiger partial charge in [-0.25, -0.2) is 9.69 Å². The van der Waals surface area contributed by atoms with Crippen LogP contribution in [0.25, 0.3) is 0 Å². The molecule has 1 aliphatic heterocycles. The maximum absolute atomic E-state index is 13.5. The quantitative estimate of drug-likeness (QED) is 0.520. The van der Waals surface area contributed by atoms with Crippen LogP contribution in [-0.4, -0.2) is 41.4 Å². The molecule has 1 aromatic carbocycles. The van der Waals surface area contributed by atoms with Gasteiger partial charge in [-0.1, -0.05) is 30.3 Å². The van der Waals surface area contributed by atoms with Crippen molar-refractivity contribution >= 4 is 24.3 Å². The molecule has 1 saturated heterocycles. The minimum atomic E-state index is -0.742. The summed E-state index contributed by atoms with van der Waals surface area (Å²) in [4.78, 5) is 50.7. The first-order chi connectivity index (χ1) is 14.2. The molecule has 30 heavy (non-hydrogen) atoms. The number of ether oxygens (including phenoxy) is 2. The largest absolute Gasteiger partial charge is 0.468 e. The number of carbonyl (C=O) groups is 4. The number of hydrogen-bond acceptors (Lipinski definition) is 6. The summed E-state index contributed by atoms with van der Waals surface area (Å²) in [5.41, 5.74) is 0.0789. The van der Waals surface area contributed by atoms with Crippen molar-refractivity contribution in [2.75, 3.05) is 6.61 Å². The standard InChI is InChI=1S/C23H29NO6/c1-23(2,3)30-22(28)24-20(15-8-5-4-6-9-15)18-13-17(26)12-16(19(18)21(24)27)10-7-11-29-14-25/h4-6,8-9,14,16,18-20H,7,10-13H2,1-3H3/t16-,18-,19+,20+/m0/s1. The lowest BCUT2D eigenvalue weighted by Crippen LogP contribution is -2.40. The van der Waals surface area contributed by atoms with Gasteiger partial charge in [0.05, 0.1) is 12.6 Å². The molecule has 4 atom stereocenters. The lowest BCUT2D eigenvalue weighted by Gasteiger charge is -2.33. The first-order valence-corrected chi connectivity index (χ1v) is 10.4. The zero-order valence-corrected chi connectivity index (χ0v) is 17.7. The molecule has 1 aromatic rings. The van der Waals surface area contributed by atoms with Crippen molar-refractivity contribution in [2.45, 2.75) is 58.1 Å². The van der Waals surface area contributed by atoms with E-state index in [1.807, 2.05) is 30.3 Å². The van der Waals surface area contributed by atoms with E-state index in [1.54, 1.807) is 20.8 Å². The number of likely N-dealkylation sites (tertiary alicyclic amines) is 1. The van der Waals surface area contributed by atoms with Gasteiger partial charge in [0.2, 0.25) is 5.91 Å². The van der Waals surface area contributed by atoms with Crippen LogP contribution in [-0.2, 0) is 23.9 Å². The van der Waals surface area contributed by atoms with Crippen LogP contribution < -0.4 is 0 Å². The zero-order valence-electron chi connectivity index (χ0n) is 17.7. The van der Waals surface area contributed by atoms with E-state index in [-0.39, 0.29) is 36.6 Å². The number of benzene rings is 1. The van der Waals surface area contributed by atoms with Gasteiger partial charge in [0, 0.05) is 24.7 Å². The van der Waals surface area contributed by atoms with Gasteiger partial charge >= 0.3 is 6.09 Å². The number of carbonyl (C=O) groups excluding carboxylic acids is 4. The first kappa shape index (κ1) is 22.0. The van der Waals surface area contributed by atoms with Crippen LogP contribution in [0.5, 0.6) is 0 Å². The number of hydrogen-bond donors (Lipinski definition) is 0. The fourth-order valence-electron chi connectivity index (χ4n) is 4.74. The van der Waals surface area contributed by atoms with Crippen LogP contribution >= 0.6 is 0 Å². The van der Waals surface area contributed by atoms with Crippen molar-refractivity contribution in [3.63, 3.8) is 0 Å². The molecule has 0 unspecified atom stereocenters. The highest BCUT2D eigenvalue weighted by Crippen LogP contribution is 2.51. The predicted molar refractivity (Wildman–Crippen MR) is 108 cm³/mol. The molecule has 0 spiro atoms. The van der Waals surface area contributed by atoms with Gasteiger partial charge in [-0.3, -0.25) is 14.4 Å². The average molecular weight is 415 g/mol. The smallest absolute Gasteiger partial charge is 0.417 e. The van der Waals surface area contributed by atoms with Gasteiger partial charge < -0.3 is 9.47 Å². The number of amides is 2. The van der Waals surface area contributed by atoms with Crippen LogP contribution in [0.1, 0.15) is 58.1 Å². The zero-order chi connectivity index (χ0) is 21.9. The molecule has 1 aliphatic carbocycles. The van der Waals surface area contributed by atoms with E-state index in [4.69, 9.17) is 9.47 Å². The van der Waals surface area contributed by atoms with Crippen molar-refractivity contribution in [1.29, 1.82) is 0 Å². The normalized spacial score (nSPS) is 26.3. The van der Waals surface area contributed by atoms with E-state index in [0.29, 0.717) is 25.7 Å². The van der Waals surface area contributed by atoms with Crippen molar-refractivity contribution in [2.24, 2.45) is 17.8 Å². The van der Waals surface area contributed by atoms with Crippen LogP contribution in [0.4, 0.5) is 4.79 Å². The topological polar surface area (TPSA) is 90.0 Å².